The fourth-order valence-corrected chi connectivity index (χ4v) is 1.55. The Morgan fingerprint density at radius 3 is 2.94 bits per heavy atom. The van der Waals surface area contributed by atoms with Crippen LogP contribution in [0.5, 0.6) is 5.75 Å². The van der Waals surface area contributed by atoms with Gasteiger partial charge in [-0.15, -0.1) is 0 Å². The summed E-state index contributed by atoms with van der Waals surface area (Å²) in [7, 11) is 1.62. The lowest BCUT2D eigenvalue weighted by Crippen LogP contribution is -2.23. The Morgan fingerprint density at radius 2 is 2.31 bits per heavy atom. The zero-order valence-corrected chi connectivity index (χ0v) is 11.0. The molecule has 0 unspecified atom stereocenters. The zero-order chi connectivity index (χ0) is 12.0. The molecule has 0 heterocycles. The third kappa shape index (κ3) is 3.73. The maximum atomic E-state index is 5.73. The van der Waals surface area contributed by atoms with Crippen LogP contribution >= 0.6 is 15.9 Å². The third-order valence-electron chi connectivity index (χ3n) is 1.93. The van der Waals surface area contributed by atoms with Crippen LogP contribution in [-0.4, -0.2) is 19.6 Å². The summed E-state index contributed by atoms with van der Waals surface area (Å²) >= 11 is 3.39. The van der Waals surface area contributed by atoms with Crippen LogP contribution in [0.4, 0.5) is 5.69 Å². The van der Waals surface area contributed by atoms with Crippen LogP contribution in [0.1, 0.15) is 13.3 Å². The van der Waals surface area contributed by atoms with Gasteiger partial charge >= 0.3 is 0 Å². The van der Waals surface area contributed by atoms with Crippen molar-refractivity contribution in [3.05, 3.63) is 22.7 Å². The Balaban J connectivity index is 2.82. The molecular formula is C11H16BrN3O. The van der Waals surface area contributed by atoms with Gasteiger partial charge in [0.05, 0.1) is 12.8 Å². The van der Waals surface area contributed by atoms with Gasteiger partial charge in [-0.1, -0.05) is 22.9 Å². The monoisotopic (exact) mass is 285 g/mol. The van der Waals surface area contributed by atoms with Crippen LogP contribution in [0, 0.1) is 0 Å². The van der Waals surface area contributed by atoms with Crippen molar-refractivity contribution in [3.8, 4) is 5.75 Å². The molecule has 1 aromatic rings. The van der Waals surface area contributed by atoms with Gasteiger partial charge in [-0.25, -0.2) is 0 Å². The molecule has 0 bridgehead atoms. The van der Waals surface area contributed by atoms with Crippen molar-refractivity contribution >= 4 is 27.6 Å². The second-order valence-corrected chi connectivity index (χ2v) is 4.15. The van der Waals surface area contributed by atoms with E-state index >= 15 is 0 Å². The Hall–Kier alpha value is -1.23. The molecule has 0 amide bonds. The van der Waals surface area contributed by atoms with Crippen molar-refractivity contribution in [1.82, 2.24) is 0 Å². The number of rotatable bonds is 4. The predicted molar refractivity (Wildman–Crippen MR) is 71.1 cm³/mol. The zero-order valence-electron chi connectivity index (χ0n) is 9.46. The van der Waals surface area contributed by atoms with E-state index in [9.17, 15) is 0 Å². The molecule has 0 aliphatic rings. The fourth-order valence-electron chi connectivity index (χ4n) is 1.19. The van der Waals surface area contributed by atoms with Crippen molar-refractivity contribution in [2.75, 3.05) is 19.0 Å². The molecule has 0 saturated carbocycles. The van der Waals surface area contributed by atoms with Gasteiger partial charge in [-0.2, -0.15) is 0 Å². The van der Waals surface area contributed by atoms with E-state index in [1.165, 1.54) is 0 Å². The average molecular weight is 286 g/mol. The largest absolute Gasteiger partial charge is 0.495 e. The Bertz CT molecular complexity index is 379. The van der Waals surface area contributed by atoms with E-state index in [1.54, 1.807) is 7.11 Å². The van der Waals surface area contributed by atoms with Gasteiger partial charge in [-0.05, 0) is 24.6 Å². The number of benzene rings is 1. The minimum absolute atomic E-state index is 0.401. The molecule has 1 aromatic carbocycles. The van der Waals surface area contributed by atoms with Crippen molar-refractivity contribution in [1.29, 1.82) is 0 Å². The van der Waals surface area contributed by atoms with Crippen LogP contribution in [0.2, 0.25) is 0 Å². The summed E-state index contributed by atoms with van der Waals surface area (Å²) < 4.78 is 6.17. The SMILES string of the molecule is CCCN=C(N)Nc1cc(Br)ccc1OC. The quantitative estimate of drug-likeness (QED) is 0.660. The molecule has 5 heteroatoms. The lowest BCUT2D eigenvalue weighted by atomic mass is 10.3. The third-order valence-corrected chi connectivity index (χ3v) is 2.42. The Morgan fingerprint density at radius 1 is 1.56 bits per heavy atom. The van der Waals surface area contributed by atoms with Crippen LogP contribution in [0.25, 0.3) is 0 Å². The van der Waals surface area contributed by atoms with Crippen LogP contribution in [-0.2, 0) is 0 Å². The number of halogens is 1. The van der Waals surface area contributed by atoms with Gasteiger partial charge in [-0.3, -0.25) is 4.99 Å². The summed E-state index contributed by atoms with van der Waals surface area (Å²) in [4.78, 5) is 4.16. The summed E-state index contributed by atoms with van der Waals surface area (Å²) in [5, 5.41) is 3.01. The molecule has 3 N–H and O–H groups in total. The summed E-state index contributed by atoms with van der Waals surface area (Å²) in [5.41, 5.74) is 6.53. The van der Waals surface area contributed by atoms with Crippen LogP contribution in [0.3, 0.4) is 0 Å². The van der Waals surface area contributed by atoms with E-state index in [0.29, 0.717) is 5.96 Å². The number of anilines is 1. The number of guanidine groups is 1. The number of methoxy groups -OCH3 is 1. The van der Waals surface area contributed by atoms with E-state index in [2.05, 4.69) is 33.2 Å². The molecule has 4 nitrogen and oxygen atoms in total. The predicted octanol–water partition coefficient (Wildman–Crippen LogP) is 2.59. The highest BCUT2D eigenvalue weighted by Crippen LogP contribution is 2.27. The number of hydrogen-bond acceptors (Lipinski definition) is 2. The van der Waals surface area contributed by atoms with Crippen molar-refractivity contribution < 1.29 is 4.74 Å². The van der Waals surface area contributed by atoms with Gasteiger partial charge < -0.3 is 15.8 Å². The molecular weight excluding hydrogens is 270 g/mol. The van der Waals surface area contributed by atoms with E-state index in [1.807, 2.05) is 18.2 Å². The second-order valence-electron chi connectivity index (χ2n) is 3.24. The molecule has 0 spiro atoms. The first-order chi connectivity index (χ1) is 7.67. The van der Waals surface area contributed by atoms with Crippen LogP contribution in [0.15, 0.2) is 27.7 Å². The Labute approximate surface area is 104 Å². The van der Waals surface area contributed by atoms with Crippen LogP contribution < -0.4 is 15.8 Å². The molecule has 0 saturated heterocycles. The smallest absolute Gasteiger partial charge is 0.193 e. The van der Waals surface area contributed by atoms with Crippen molar-refractivity contribution in [3.63, 3.8) is 0 Å². The second kappa shape index (κ2) is 6.37. The first-order valence-electron chi connectivity index (χ1n) is 5.08. The highest BCUT2D eigenvalue weighted by atomic mass is 79.9. The van der Waals surface area contributed by atoms with Gasteiger partial charge in [0.2, 0.25) is 0 Å². The first-order valence-corrected chi connectivity index (χ1v) is 5.87. The lowest BCUT2D eigenvalue weighted by molar-refractivity contribution is 0.417. The van der Waals surface area contributed by atoms with Gasteiger partial charge in [0.15, 0.2) is 5.96 Å². The number of nitrogens with two attached hydrogens (primary N) is 1. The maximum absolute atomic E-state index is 5.73. The minimum atomic E-state index is 0.401. The lowest BCUT2D eigenvalue weighted by Gasteiger charge is -2.10. The summed E-state index contributed by atoms with van der Waals surface area (Å²) in [6.07, 6.45) is 0.970. The molecule has 0 aliphatic carbocycles. The highest BCUT2D eigenvalue weighted by Gasteiger charge is 2.04. The molecule has 1 rings (SSSR count). The standard InChI is InChI=1S/C11H16BrN3O/c1-3-6-14-11(13)15-9-7-8(12)4-5-10(9)16-2/h4-5,7H,3,6H2,1-2H3,(H3,13,14,15). The normalized spacial score (nSPS) is 11.3. The number of ether oxygens (including phenoxy) is 1. The molecule has 0 atom stereocenters. The van der Waals surface area contributed by atoms with Gasteiger partial charge in [0.25, 0.3) is 0 Å². The van der Waals surface area contributed by atoms with E-state index < -0.39 is 0 Å². The summed E-state index contributed by atoms with van der Waals surface area (Å²) in [6.45, 7) is 2.77. The molecule has 0 aliphatic heterocycles. The average Bonchev–Trinajstić information content (AvgIpc) is 2.27. The summed E-state index contributed by atoms with van der Waals surface area (Å²) in [5.74, 6) is 1.14. The Kier molecular flexibility index (Phi) is 5.11. The maximum Gasteiger partial charge on any atom is 0.193 e. The summed E-state index contributed by atoms with van der Waals surface area (Å²) in [6, 6.07) is 5.66. The molecule has 0 aromatic heterocycles. The number of nitrogens with zero attached hydrogens (tertiary/aromatic N) is 1. The minimum Gasteiger partial charge on any atom is -0.495 e. The van der Waals surface area contributed by atoms with Gasteiger partial charge in [0, 0.05) is 11.0 Å². The number of aliphatic imine (C=N–C) groups is 1. The van der Waals surface area contributed by atoms with E-state index in [-0.39, 0.29) is 0 Å². The number of hydrogen-bond donors (Lipinski definition) is 2. The molecule has 0 fully saturated rings. The van der Waals surface area contributed by atoms with E-state index in [4.69, 9.17) is 10.5 Å². The number of nitrogens with one attached hydrogen (secondary N) is 1. The molecule has 0 radical (unpaired) electrons. The van der Waals surface area contributed by atoms with Gasteiger partial charge in [0.1, 0.15) is 5.75 Å². The van der Waals surface area contributed by atoms with Crippen molar-refractivity contribution in [2.24, 2.45) is 10.7 Å². The fraction of sp³-hybridized carbons (Fsp3) is 0.364. The van der Waals surface area contributed by atoms with Crippen molar-refractivity contribution in [2.45, 2.75) is 13.3 Å². The first kappa shape index (κ1) is 12.8. The topological polar surface area (TPSA) is 59.6 Å². The van der Waals surface area contributed by atoms with E-state index in [0.717, 1.165) is 28.9 Å². The highest BCUT2D eigenvalue weighted by molar-refractivity contribution is 9.10. The molecule has 88 valence electrons. The molecule has 16 heavy (non-hydrogen) atoms.